The summed E-state index contributed by atoms with van der Waals surface area (Å²) < 4.78 is 45.9. The summed E-state index contributed by atoms with van der Waals surface area (Å²) >= 11 is 0. The maximum Gasteiger partial charge on any atom is 0.261 e. The number of halogens is 1. The van der Waals surface area contributed by atoms with Gasteiger partial charge in [-0.1, -0.05) is 12.1 Å². The van der Waals surface area contributed by atoms with Gasteiger partial charge >= 0.3 is 0 Å². The molecule has 1 unspecified atom stereocenters. The smallest absolute Gasteiger partial charge is 0.261 e. The molecule has 3 aromatic rings. The van der Waals surface area contributed by atoms with E-state index in [1.54, 1.807) is 56.3 Å². The largest absolute Gasteiger partial charge is 0.497 e. The van der Waals surface area contributed by atoms with Gasteiger partial charge in [0.05, 0.1) is 23.7 Å². The number of carbonyl (C=O) groups is 1. The minimum Gasteiger partial charge on any atom is -0.497 e. The first-order chi connectivity index (χ1) is 14.7. The lowest BCUT2D eigenvalue weighted by Crippen LogP contribution is -2.26. The average molecular weight is 443 g/mol. The van der Waals surface area contributed by atoms with Crippen LogP contribution < -0.4 is 14.8 Å². The van der Waals surface area contributed by atoms with Crippen molar-refractivity contribution in [1.29, 1.82) is 0 Å². The Labute approximate surface area is 181 Å². The summed E-state index contributed by atoms with van der Waals surface area (Å²) in [6, 6.07) is 16.3. The Bertz CT molecular complexity index is 1180. The zero-order valence-electron chi connectivity index (χ0n) is 17.3. The van der Waals surface area contributed by atoms with E-state index in [0.29, 0.717) is 22.6 Å². The minimum atomic E-state index is -3.79. The van der Waals surface area contributed by atoms with Crippen molar-refractivity contribution in [3.63, 3.8) is 0 Å². The fraction of sp³-hybridized carbons (Fsp3) is 0.174. The topological polar surface area (TPSA) is 84.5 Å². The third-order valence-corrected chi connectivity index (χ3v) is 6.20. The predicted molar refractivity (Wildman–Crippen MR) is 117 cm³/mol. The molecule has 0 bridgehead atoms. The molecular formula is C23H23FN2O4S. The molecule has 0 aliphatic rings. The van der Waals surface area contributed by atoms with Crippen LogP contribution in [0, 0.1) is 12.7 Å². The van der Waals surface area contributed by atoms with Gasteiger partial charge in [-0.25, -0.2) is 12.8 Å². The molecule has 0 spiro atoms. The van der Waals surface area contributed by atoms with Gasteiger partial charge < -0.3 is 10.1 Å². The molecule has 8 heteroatoms. The number of sulfonamides is 1. The highest BCUT2D eigenvalue weighted by Gasteiger charge is 2.17. The Balaban J connectivity index is 1.72. The number of rotatable bonds is 7. The number of anilines is 1. The second-order valence-corrected chi connectivity index (χ2v) is 8.74. The van der Waals surface area contributed by atoms with Gasteiger partial charge in [-0.2, -0.15) is 0 Å². The van der Waals surface area contributed by atoms with E-state index < -0.39 is 10.0 Å². The van der Waals surface area contributed by atoms with Gasteiger partial charge in [0.2, 0.25) is 0 Å². The van der Waals surface area contributed by atoms with E-state index in [1.807, 2.05) is 0 Å². The third-order valence-electron chi connectivity index (χ3n) is 4.82. The maximum atomic E-state index is 13.1. The standard InChI is InChI=1S/C23H23FN2O4S/c1-15-14-18(23(27)25-16(2)17-4-7-19(24)8-5-17)6-13-22(15)26-31(28,29)21-11-9-20(30-3)10-12-21/h4-14,16,26H,1-3H3,(H,25,27). The van der Waals surface area contributed by atoms with Crippen molar-refractivity contribution in [2.24, 2.45) is 0 Å². The number of aryl methyl sites for hydroxylation is 1. The van der Waals surface area contributed by atoms with Crippen LogP contribution in [0.1, 0.15) is 34.5 Å². The van der Waals surface area contributed by atoms with Crippen LogP contribution in [0.3, 0.4) is 0 Å². The van der Waals surface area contributed by atoms with E-state index in [1.165, 1.54) is 31.4 Å². The highest BCUT2D eigenvalue weighted by Crippen LogP contribution is 2.23. The molecule has 3 aromatic carbocycles. The number of hydrogen-bond donors (Lipinski definition) is 2. The molecule has 31 heavy (non-hydrogen) atoms. The summed E-state index contributed by atoms with van der Waals surface area (Å²) in [4.78, 5) is 12.7. The number of ether oxygens (including phenoxy) is 1. The fourth-order valence-corrected chi connectivity index (χ4v) is 4.12. The molecule has 1 atom stereocenters. The number of carbonyl (C=O) groups excluding carboxylic acids is 1. The van der Waals surface area contributed by atoms with Gasteiger partial charge in [-0.05, 0) is 79.6 Å². The molecule has 2 N–H and O–H groups in total. The Hall–Kier alpha value is -3.39. The SMILES string of the molecule is COc1ccc(S(=O)(=O)Nc2ccc(C(=O)NC(C)c3ccc(F)cc3)cc2C)cc1. The number of nitrogens with one attached hydrogen (secondary N) is 2. The van der Waals surface area contributed by atoms with Gasteiger partial charge in [-0.3, -0.25) is 9.52 Å². The minimum absolute atomic E-state index is 0.0997. The number of amides is 1. The normalized spacial score (nSPS) is 12.1. The van der Waals surface area contributed by atoms with Crippen molar-refractivity contribution in [2.75, 3.05) is 11.8 Å². The van der Waals surface area contributed by atoms with Crippen LogP contribution in [0.25, 0.3) is 0 Å². The average Bonchev–Trinajstić information content (AvgIpc) is 2.75. The maximum absolute atomic E-state index is 13.1. The van der Waals surface area contributed by atoms with Gasteiger partial charge in [-0.15, -0.1) is 0 Å². The predicted octanol–water partition coefficient (Wildman–Crippen LogP) is 4.43. The molecule has 1 amide bonds. The Morgan fingerprint density at radius 3 is 2.23 bits per heavy atom. The van der Waals surface area contributed by atoms with Crippen molar-refractivity contribution in [3.8, 4) is 5.75 Å². The van der Waals surface area contributed by atoms with Gasteiger partial charge in [0.1, 0.15) is 11.6 Å². The number of benzene rings is 3. The van der Waals surface area contributed by atoms with Crippen molar-refractivity contribution in [1.82, 2.24) is 5.32 Å². The van der Waals surface area contributed by atoms with Gasteiger partial charge in [0.25, 0.3) is 15.9 Å². The zero-order valence-corrected chi connectivity index (χ0v) is 18.2. The van der Waals surface area contributed by atoms with E-state index in [0.717, 1.165) is 5.56 Å². The molecule has 0 aliphatic heterocycles. The van der Waals surface area contributed by atoms with Crippen LogP contribution >= 0.6 is 0 Å². The van der Waals surface area contributed by atoms with E-state index >= 15 is 0 Å². The summed E-state index contributed by atoms with van der Waals surface area (Å²) in [5.41, 5.74) is 2.13. The van der Waals surface area contributed by atoms with Crippen LogP contribution in [0.5, 0.6) is 5.75 Å². The summed E-state index contributed by atoms with van der Waals surface area (Å²) in [5, 5.41) is 2.85. The van der Waals surface area contributed by atoms with Crippen LogP contribution in [-0.2, 0) is 10.0 Å². The lowest BCUT2D eigenvalue weighted by atomic mass is 10.1. The molecule has 0 aromatic heterocycles. The number of methoxy groups -OCH3 is 1. The highest BCUT2D eigenvalue weighted by atomic mass is 32.2. The summed E-state index contributed by atoms with van der Waals surface area (Å²) in [6.07, 6.45) is 0. The van der Waals surface area contributed by atoms with E-state index in [-0.39, 0.29) is 22.7 Å². The monoisotopic (exact) mass is 442 g/mol. The first-order valence-electron chi connectivity index (χ1n) is 9.53. The Kier molecular flexibility index (Phi) is 6.60. The molecule has 162 valence electrons. The second kappa shape index (κ2) is 9.18. The van der Waals surface area contributed by atoms with Crippen molar-refractivity contribution < 1.29 is 22.3 Å². The first-order valence-corrected chi connectivity index (χ1v) is 11.0. The quantitative estimate of drug-likeness (QED) is 0.567. The van der Waals surface area contributed by atoms with E-state index in [2.05, 4.69) is 10.0 Å². The van der Waals surface area contributed by atoms with E-state index in [4.69, 9.17) is 4.74 Å². The van der Waals surface area contributed by atoms with Gasteiger partial charge in [0.15, 0.2) is 0 Å². The Morgan fingerprint density at radius 2 is 1.65 bits per heavy atom. The first kappa shape index (κ1) is 22.3. The molecular weight excluding hydrogens is 419 g/mol. The second-order valence-electron chi connectivity index (χ2n) is 7.06. The molecule has 6 nitrogen and oxygen atoms in total. The molecule has 3 rings (SSSR count). The van der Waals surface area contributed by atoms with Crippen LogP contribution in [0.15, 0.2) is 71.6 Å². The number of hydrogen-bond acceptors (Lipinski definition) is 4. The summed E-state index contributed by atoms with van der Waals surface area (Å²) in [7, 11) is -2.29. The van der Waals surface area contributed by atoms with Gasteiger partial charge in [0, 0.05) is 5.56 Å². The zero-order chi connectivity index (χ0) is 22.6. The summed E-state index contributed by atoms with van der Waals surface area (Å²) in [6.45, 7) is 3.52. The van der Waals surface area contributed by atoms with Crippen LogP contribution in [0.4, 0.5) is 10.1 Å². The molecule has 0 fully saturated rings. The molecule has 0 aliphatic carbocycles. The Morgan fingerprint density at radius 1 is 1.00 bits per heavy atom. The van der Waals surface area contributed by atoms with Crippen molar-refractivity contribution >= 4 is 21.6 Å². The van der Waals surface area contributed by atoms with E-state index in [9.17, 15) is 17.6 Å². The molecule has 0 saturated heterocycles. The van der Waals surface area contributed by atoms with Crippen LogP contribution in [-0.4, -0.2) is 21.4 Å². The van der Waals surface area contributed by atoms with Crippen molar-refractivity contribution in [3.05, 3.63) is 89.2 Å². The summed E-state index contributed by atoms with van der Waals surface area (Å²) in [5.74, 6) is -0.101. The fourth-order valence-electron chi connectivity index (χ4n) is 2.99. The molecule has 0 saturated carbocycles. The lowest BCUT2D eigenvalue weighted by molar-refractivity contribution is 0.0940. The molecule has 0 heterocycles. The van der Waals surface area contributed by atoms with Crippen LogP contribution in [0.2, 0.25) is 0 Å². The lowest BCUT2D eigenvalue weighted by Gasteiger charge is -2.16. The molecule has 0 radical (unpaired) electrons. The highest BCUT2D eigenvalue weighted by molar-refractivity contribution is 7.92. The van der Waals surface area contributed by atoms with Crippen molar-refractivity contribution in [2.45, 2.75) is 24.8 Å². The third kappa shape index (κ3) is 5.40.